The SMILES string of the molecule is CC(=O)Nc1ccc(C(=O)N(CCC(=O)N2CCNCC2)C2CCCC2)cc1.O=C(O)C(F)(F)F. The minimum absolute atomic E-state index is 0.0330. The zero-order valence-corrected chi connectivity index (χ0v) is 19.6. The summed E-state index contributed by atoms with van der Waals surface area (Å²) >= 11 is 0. The number of anilines is 1. The Bertz CT molecular complexity index is 880. The third-order valence-corrected chi connectivity index (χ3v) is 5.76. The molecule has 3 rings (SSSR count). The molecule has 1 saturated heterocycles. The maximum atomic E-state index is 13.2. The van der Waals surface area contributed by atoms with Gasteiger partial charge in [0, 0.05) is 63.4 Å². The van der Waals surface area contributed by atoms with Crippen LogP contribution in [0.1, 0.15) is 49.4 Å². The number of halogens is 3. The monoisotopic (exact) mass is 500 g/mol. The van der Waals surface area contributed by atoms with Crippen molar-refractivity contribution in [3.8, 4) is 0 Å². The van der Waals surface area contributed by atoms with E-state index in [2.05, 4.69) is 10.6 Å². The van der Waals surface area contributed by atoms with E-state index in [0.717, 1.165) is 51.9 Å². The molecule has 2 aliphatic rings. The quantitative estimate of drug-likeness (QED) is 0.552. The number of hydrogen-bond donors (Lipinski definition) is 3. The summed E-state index contributed by atoms with van der Waals surface area (Å²) < 4.78 is 31.7. The van der Waals surface area contributed by atoms with Crippen molar-refractivity contribution in [2.45, 2.75) is 51.2 Å². The van der Waals surface area contributed by atoms with Crippen molar-refractivity contribution < 1.29 is 37.5 Å². The number of carboxylic acids is 1. The van der Waals surface area contributed by atoms with Gasteiger partial charge >= 0.3 is 12.1 Å². The Kier molecular flexibility index (Phi) is 10.5. The highest BCUT2D eigenvalue weighted by Gasteiger charge is 2.38. The van der Waals surface area contributed by atoms with Crippen LogP contribution in [0.2, 0.25) is 0 Å². The molecular weight excluding hydrogens is 469 g/mol. The van der Waals surface area contributed by atoms with E-state index >= 15 is 0 Å². The van der Waals surface area contributed by atoms with Crippen LogP contribution in [0.25, 0.3) is 0 Å². The largest absolute Gasteiger partial charge is 0.490 e. The summed E-state index contributed by atoms with van der Waals surface area (Å²) in [7, 11) is 0. The van der Waals surface area contributed by atoms with Gasteiger partial charge in [0.05, 0.1) is 0 Å². The highest BCUT2D eigenvalue weighted by atomic mass is 19.4. The normalized spacial score (nSPS) is 16.2. The summed E-state index contributed by atoms with van der Waals surface area (Å²) in [6.45, 7) is 5.05. The van der Waals surface area contributed by atoms with Crippen LogP contribution in [0, 0.1) is 0 Å². The standard InChI is InChI=1S/C21H30N4O3.C2HF3O2/c1-16(26)23-18-8-6-17(7-9-18)21(28)25(19-4-2-3-5-19)13-10-20(27)24-14-11-22-12-15-24;3-2(4,5)1(6)7/h6-9,19,22H,2-5,10-15H2,1H3,(H,23,26);(H,6,7). The number of benzene rings is 1. The number of carbonyl (C=O) groups excluding carboxylic acids is 3. The number of carbonyl (C=O) groups is 4. The van der Waals surface area contributed by atoms with Crippen molar-refractivity contribution in [1.82, 2.24) is 15.1 Å². The van der Waals surface area contributed by atoms with Crippen molar-refractivity contribution in [3.63, 3.8) is 0 Å². The van der Waals surface area contributed by atoms with E-state index in [4.69, 9.17) is 9.90 Å². The number of aliphatic carboxylic acids is 1. The maximum absolute atomic E-state index is 13.2. The van der Waals surface area contributed by atoms with Crippen LogP contribution >= 0.6 is 0 Å². The minimum Gasteiger partial charge on any atom is -0.475 e. The molecule has 2 fully saturated rings. The van der Waals surface area contributed by atoms with E-state index in [1.54, 1.807) is 24.3 Å². The number of nitrogens with one attached hydrogen (secondary N) is 2. The number of hydrogen-bond acceptors (Lipinski definition) is 5. The highest BCUT2D eigenvalue weighted by Crippen LogP contribution is 2.25. The van der Waals surface area contributed by atoms with Gasteiger partial charge in [-0.05, 0) is 37.1 Å². The van der Waals surface area contributed by atoms with Gasteiger partial charge < -0.3 is 25.5 Å². The van der Waals surface area contributed by atoms with Crippen LogP contribution in [0.3, 0.4) is 0 Å². The molecule has 35 heavy (non-hydrogen) atoms. The second-order valence-electron chi connectivity index (χ2n) is 8.38. The number of rotatable bonds is 6. The summed E-state index contributed by atoms with van der Waals surface area (Å²) in [6, 6.07) is 7.18. The average molecular weight is 501 g/mol. The molecule has 1 aromatic rings. The van der Waals surface area contributed by atoms with Gasteiger partial charge in [0.1, 0.15) is 0 Å². The molecule has 1 saturated carbocycles. The Hall–Kier alpha value is -3.15. The molecule has 9 nitrogen and oxygen atoms in total. The lowest BCUT2D eigenvalue weighted by Gasteiger charge is -2.31. The first-order chi connectivity index (χ1) is 16.5. The van der Waals surface area contributed by atoms with Gasteiger partial charge in [-0.1, -0.05) is 12.8 Å². The number of carboxylic acid groups (broad SMARTS) is 1. The summed E-state index contributed by atoms with van der Waals surface area (Å²) in [6.07, 6.45) is -0.468. The number of nitrogens with zero attached hydrogens (tertiary/aromatic N) is 2. The summed E-state index contributed by atoms with van der Waals surface area (Å²) in [5, 5.41) is 13.1. The topological polar surface area (TPSA) is 119 Å². The fourth-order valence-corrected chi connectivity index (χ4v) is 4.02. The van der Waals surface area contributed by atoms with E-state index in [-0.39, 0.29) is 23.8 Å². The molecule has 0 aromatic heterocycles. The molecule has 0 atom stereocenters. The summed E-state index contributed by atoms with van der Waals surface area (Å²) in [5.74, 6) is -2.81. The average Bonchev–Trinajstić information content (AvgIpc) is 3.34. The fraction of sp³-hybridized carbons (Fsp3) is 0.565. The Labute approximate surface area is 201 Å². The first-order valence-corrected chi connectivity index (χ1v) is 11.5. The number of piperazine rings is 1. The van der Waals surface area contributed by atoms with Crippen molar-refractivity contribution in [2.75, 3.05) is 38.0 Å². The van der Waals surface area contributed by atoms with Crippen molar-refractivity contribution in [1.29, 1.82) is 0 Å². The van der Waals surface area contributed by atoms with Crippen LogP contribution in [0.5, 0.6) is 0 Å². The molecule has 12 heteroatoms. The predicted molar refractivity (Wildman–Crippen MR) is 122 cm³/mol. The third-order valence-electron chi connectivity index (χ3n) is 5.76. The molecule has 1 heterocycles. The molecule has 194 valence electrons. The first kappa shape index (κ1) is 28.1. The van der Waals surface area contributed by atoms with Crippen LogP contribution in [-0.2, 0) is 14.4 Å². The predicted octanol–water partition coefficient (Wildman–Crippen LogP) is 2.49. The summed E-state index contributed by atoms with van der Waals surface area (Å²) in [5.41, 5.74) is 1.26. The van der Waals surface area contributed by atoms with Crippen LogP contribution in [0.4, 0.5) is 18.9 Å². The van der Waals surface area contributed by atoms with Gasteiger partial charge in [0.15, 0.2) is 0 Å². The minimum atomic E-state index is -5.08. The second-order valence-corrected chi connectivity index (χ2v) is 8.38. The number of alkyl halides is 3. The molecule has 1 aromatic carbocycles. The van der Waals surface area contributed by atoms with E-state index in [1.165, 1.54) is 6.92 Å². The first-order valence-electron chi connectivity index (χ1n) is 11.5. The molecule has 1 aliphatic carbocycles. The molecule has 0 unspecified atom stereocenters. The second kappa shape index (κ2) is 13.1. The Morgan fingerprint density at radius 1 is 1.09 bits per heavy atom. The van der Waals surface area contributed by atoms with Crippen molar-refractivity contribution in [2.24, 2.45) is 0 Å². The lowest BCUT2D eigenvalue weighted by Crippen LogP contribution is -2.48. The van der Waals surface area contributed by atoms with Crippen LogP contribution in [-0.4, -0.2) is 83.5 Å². The fourth-order valence-electron chi connectivity index (χ4n) is 4.02. The van der Waals surface area contributed by atoms with Gasteiger partial charge in [-0.3, -0.25) is 14.4 Å². The highest BCUT2D eigenvalue weighted by molar-refractivity contribution is 5.96. The van der Waals surface area contributed by atoms with E-state index < -0.39 is 12.1 Å². The van der Waals surface area contributed by atoms with Gasteiger partial charge in [-0.2, -0.15) is 13.2 Å². The Morgan fingerprint density at radius 2 is 1.63 bits per heavy atom. The Morgan fingerprint density at radius 3 is 2.11 bits per heavy atom. The van der Waals surface area contributed by atoms with Gasteiger partial charge in [-0.15, -0.1) is 0 Å². The Balaban J connectivity index is 0.000000540. The van der Waals surface area contributed by atoms with E-state index in [9.17, 15) is 27.6 Å². The van der Waals surface area contributed by atoms with Crippen LogP contribution in [0.15, 0.2) is 24.3 Å². The van der Waals surface area contributed by atoms with E-state index in [1.807, 2.05) is 9.80 Å². The van der Waals surface area contributed by atoms with Gasteiger partial charge in [0.25, 0.3) is 5.91 Å². The molecule has 0 spiro atoms. The lowest BCUT2D eigenvalue weighted by atomic mass is 10.1. The van der Waals surface area contributed by atoms with Crippen LogP contribution < -0.4 is 10.6 Å². The molecule has 3 amide bonds. The molecule has 1 aliphatic heterocycles. The molecule has 0 radical (unpaired) electrons. The lowest BCUT2D eigenvalue weighted by molar-refractivity contribution is -0.192. The smallest absolute Gasteiger partial charge is 0.475 e. The van der Waals surface area contributed by atoms with Crippen molar-refractivity contribution >= 4 is 29.4 Å². The zero-order valence-electron chi connectivity index (χ0n) is 19.6. The molecule has 0 bridgehead atoms. The summed E-state index contributed by atoms with van der Waals surface area (Å²) in [4.78, 5) is 49.5. The van der Waals surface area contributed by atoms with Crippen molar-refractivity contribution in [3.05, 3.63) is 29.8 Å². The zero-order chi connectivity index (χ0) is 26.0. The van der Waals surface area contributed by atoms with Gasteiger partial charge in [-0.25, -0.2) is 4.79 Å². The molecule has 3 N–H and O–H groups in total. The number of amides is 3. The maximum Gasteiger partial charge on any atom is 0.490 e. The van der Waals surface area contributed by atoms with E-state index in [0.29, 0.717) is 24.2 Å². The molecular formula is C23H31F3N4O5. The third kappa shape index (κ3) is 9.19. The van der Waals surface area contributed by atoms with Gasteiger partial charge in [0.2, 0.25) is 11.8 Å².